The topological polar surface area (TPSA) is 128 Å². The first-order chi connectivity index (χ1) is 16.3. The number of halogens is 1. The van der Waals surface area contributed by atoms with Crippen LogP contribution in [0.1, 0.15) is 32.4 Å². The Hall–Kier alpha value is -4.31. The van der Waals surface area contributed by atoms with Gasteiger partial charge in [-0.25, -0.2) is 14.4 Å². The van der Waals surface area contributed by atoms with Crippen molar-refractivity contribution < 1.29 is 37.5 Å². The number of benzene rings is 1. The Morgan fingerprint density at radius 3 is 2.53 bits per heavy atom. The maximum atomic E-state index is 12.7. The fourth-order valence-corrected chi connectivity index (χ4v) is 3.43. The minimum absolute atomic E-state index is 0.0138. The average Bonchev–Trinajstić information content (AvgIpc) is 3.55. The molecule has 0 aliphatic carbocycles. The van der Waals surface area contributed by atoms with E-state index in [4.69, 9.17) is 25.2 Å². The number of methoxy groups -OCH3 is 2. The Balaban J connectivity index is 1.53. The van der Waals surface area contributed by atoms with Gasteiger partial charge in [-0.3, -0.25) is 9.69 Å². The summed E-state index contributed by atoms with van der Waals surface area (Å²) in [5.74, 6) is -1.00. The zero-order valence-electron chi connectivity index (χ0n) is 17.9. The molecule has 2 aromatic heterocycles. The Bertz CT molecular complexity index is 1340. The van der Waals surface area contributed by atoms with E-state index < -0.39 is 23.9 Å². The van der Waals surface area contributed by atoms with Crippen LogP contribution in [0.5, 0.6) is 0 Å². The zero-order chi connectivity index (χ0) is 24.4. The summed E-state index contributed by atoms with van der Waals surface area (Å²) in [7, 11) is 2.48. The second kappa shape index (κ2) is 9.28. The third-order valence-electron chi connectivity index (χ3n) is 4.89. The van der Waals surface area contributed by atoms with Crippen molar-refractivity contribution in [1.29, 1.82) is 0 Å². The van der Waals surface area contributed by atoms with E-state index in [-0.39, 0.29) is 29.5 Å². The van der Waals surface area contributed by atoms with Crippen LogP contribution < -0.4 is 5.32 Å². The van der Waals surface area contributed by atoms with E-state index in [1.807, 2.05) is 0 Å². The second-order valence-electron chi connectivity index (χ2n) is 7.03. The highest BCUT2D eigenvalue weighted by molar-refractivity contribution is 6.33. The molecule has 4 rings (SSSR count). The van der Waals surface area contributed by atoms with Gasteiger partial charge in [-0.1, -0.05) is 11.6 Å². The van der Waals surface area contributed by atoms with Gasteiger partial charge in [0.1, 0.15) is 23.0 Å². The van der Waals surface area contributed by atoms with Gasteiger partial charge in [0.25, 0.3) is 5.91 Å². The number of carbonyl (C=O) groups is 4. The molecule has 1 aliphatic heterocycles. The number of furan rings is 2. The Morgan fingerprint density at radius 2 is 1.79 bits per heavy atom. The summed E-state index contributed by atoms with van der Waals surface area (Å²) in [6, 6.07) is 10.0. The van der Waals surface area contributed by atoms with E-state index in [0.717, 1.165) is 4.90 Å². The first kappa shape index (κ1) is 22.9. The number of ether oxygens (including phenoxy) is 2. The van der Waals surface area contributed by atoms with Crippen molar-refractivity contribution in [2.45, 2.75) is 6.54 Å². The van der Waals surface area contributed by atoms with Gasteiger partial charge in [0.15, 0.2) is 0 Å². The number of nitrogens with one attached hydrogen (secondary N) is 1. The number of nitrogens with zero attached hydrogens (tertiary/aromatic N) is 1. The van der Waals surface area contributed by atoms with Crippen molar-refractivity contribution >= 4 is 41.6 Å². The largest absolute Gasteiger partial charge is 0.465 e. The number of amides is 3. The molecule has 34 heavy (non-hydrogen) atoms. The number of carbonyl (C=O) groups excluding carboxylic acids is 4. The molecule has 3 heterocycles. The average molecular weight is 485 g/mol. The molecule has 0 atom stereocenters. The van der Waals surface area contributed by atoms with Gasteiger partial charge < -0.3 is 23.6 Å². The van der Waals surface area contributed by atoms with Crippen LogP contribution in [0.4, 0.5) is 4.79 Å². The van der Waals surface area contributed by atoms with Gasteiger partial charge in [-0.05, 0) is 42.5 Å². The Kier molecular flexibility index (Phi) is 6.24. The Morgan fingerprint density at radius 1 is 1.03 bits per heavy atom. The van der Waals surface area contributed by atoms with Crippen LogP contribution in [0.3, 0.4) is 0 Å². The minimum atomic E-state index is -0.671. The van der Waals surface area contributed by atoms with Crippen molar-refractivity contribution in [3.8, 4) is 11.3 Å². The molecule has 0 radical (unpaired) electrons. The first-order valence-corrected chi connectivity index (χ1v) is 10.2. The van der Waals surface area contributed by atoms with Crippen LogP contribution in [0.25, 0.3) is 17.4 Å². The lowest BCUT2D eigenvalue weighted by Crippen LogP contribution is -2.30. The lowest BCUT2D eigenvalue weighted by atomic mass is 10.1. The van der Waals surface area contributed by atoms with E-state index in [2.05, 4.69) is 10.1 Å². The highest BCUT2D eigenvalue weighted by Crippen LogP contribution is 2.31. The number of esters is 2. The highest BCUT2D eigenvalue weighted by Gasteiger charge is 2.34. The predicted molar refractivity (Wildman–Crippen MR) is 118 cm³/mol. The van der Waals surface area contributed by atoms with Gasteiger partial charge in [-0.15, -0.1) is 0 Å². The quantitative estimate of drug-likeness (QED) is 0.317. The van der Waals surface area contributed by atoms with Crippen LogP contribution in [-0.4, -0.2) is 43.0 Å². The molecule has 1 saturated heterocycles. The number of imide groups is 1. The molecule has 1 aliphatic rings. The molecule has 1 aromatic carbocycles. The van der Waals surface area contributed by atoms with Gasteiger partial charge in [-0.2, -0.15) is 0 Å². The summed E-state index contributed by atoms with van der Waals surface area (Å²) < 4.78 is 20.4. The van der Waals surface area contributed by atoms with Gasteiger partial charge >= 0.3 is 18.0 Å². The normalized spacial score (nSPS) is 14.4. The molecule has 10 nitrogen and oxygen atoms in total. The maximum absolute atomic E-state index is 12.7. The van der Waals surface area contributed by atoms with E-state index in [0.29, 0.717) is 21.9 Å². The highest BCUT2D eigenvalue weighted by atomic mass is 35.5. The molecule has 3 amide bonds. The predicted octanol–water partition coefficient (Wildman–Crippen LogP) is 3.86. The van der Waals surface area contributed by atoms with Gasteiger partial charge in [0.05, 0.1) is 31.4 Å². The molecule has 0 unspecified atom stereocenters. The molecule has 3 aromatic rings. The third kappa shape index (κ3) is 4.44. The standard InChI is InChI=1S/C23H17ClN2O8/c1-31-21(28)12-3-6-16(24)15(9-12)18-7-4-13(33-18)10-17-20(27)26(23(30)25-17)11-14-5-8-19(34-14)22(29)32-2/h3-10H,11H2,1-2H3,(H,25,30). The molecule has 0 bridgehead atoms. The summed E-state index contributed by atoms with van der Waals surface area (Å²) in [5.41, 5.74) is 0.734. The van der Waals surface area contributed by atoms with Crippen LogP contribution >= 0.6 is 11.6 Å². The van der Waals surface area contributed by atoms with Crippen LogP contribution in [0.15, 0.2) is 57.0 Å². The summed E-state index contributed by atoms with van der Waals surface area (Å²) in [6.07, 6.45) is 1.36. The SMILES string of the molecule is COC(=O)c1ccc(Cl)c(-c2ccc(C=C3NC(=O)N(Cc4ccc(C(=O)OC)o4)C3=O)o2)c1. The number of hydrogen-bond acceptors (Lipinski definition) is 8. The smallest absolute Gasteiger partial charge is 0.373 e. The number of hydrogen-bond donors (Lipinski definition) is 1. The van der Waals surface area contributed by atoms with E-state index in [1.54, 1.807) is 18.2 Å². The molecular formula is C23H17ClN2O8. The lowest BCUT2D eigenvalue weighted by Gasteiger charge is -2.09. The minimum Gasteiger partial charge on any atom is -0.465 e. The fourth-order valence-electron chi connectivity index (χ4n) is 3.22. The third-order valence-corrected chi connectivity index (χ3v) is 5.22. The van der Waals surface area contributed by atoms with Gasteiger partial charge in [0.2, 0.25) is 5.76 Å². The lowest BCUT2D eigenvalue weighted by molar-refractivity contribution is -0.123. The van der Waals surface area contributed by atoms with Crippen LogP contribution in [0.2, 0.25) is 5.02 Å². The van der Waals surface area contributed by atoms with E-state index in [9.17, 15) is 19.2 Å². The van der Waals surface area contributed by atoms with Crippen molar-refractivity contribution in [3.63, 3.8) is 0 Å². The molecule has 174 valence electrons. The summed E-state index contributed by atoms with van der Waals surface area (Å²) in [4.78, 5) is 49.3. The summed E-state index contributed by atoms with van der Waals surface area (Å²) in [6.45, 7) is -0.182. The molecule has 1 fully saturated rings. The van der Waals surface area contributed by atoms with Crippen molar-refractivity contribution in [2.24, 2.45) is 0 Å². The maximum Gasteiger partial charge on any atom is 0.373 e. The fraction of sp³-hybridized carbons (Fsp3) is 0.130. The van der Waals surface area contributed by atoms with E-state index >= 15 is 0 Å². The number of urea groups is 1. The van der Waals surface area contributed by atoms with Crippen molar-refractivity contribution in [2.75, 3.05) is 14.2 Å². The van der Waals surface area contributed by atoms with Gasteiger partial charge in [0, 0.05) is 11.6 Å². The van der Waals surface area contributed by atoms with Crippen molar-refractivity contribution in [3.05, 3.63) is 76.0 Å². The van der Waals surface area contributed by atoms with Crippen molar-refractivity contribution in [1.82, 2.24) is 10.2 Å². The molecule has 0 spiro atoms. The van der Waals surface area contributed by atoms with Crippen LogP contribution in [0, 0.1) is 0 Å². The Labute approximate surface area is 197 Å². The molecule has 0 saturated carbocycles. The zero-order valence-corrected chi connectivity index (χ0v) is 18.7. The molecule has 1 N–H and O–H groups in total. The molecular weight excluding hydrogens is 468 g/mol. The monoisotopic (exact) mass is 484 g/mol. The molecule has 11 heteroatoms. The summed E-state index contributed by atoms with van der Waals surface area (Å²) >= 11 is 6.24. The second-order valence-corrected chi connectivity index (χ2v) is 7.43. The van der Waals surface area contributed by atoms with E-state index in [1.165, 1.54) is 44.6 Å². The summed E-state index contributed by atoms with van der Waals surface area (Å²) in [5, 5.41) is 2.82. The van der Waals surface area contributed by atoms with Crippen LogP contribution in [-0.2, 0) is 20.8 Å². The number of rotatable bonds is 6. The first-order valence-electron chi connectivity index (χ1n) is 9.80.